The van der Waals surface area contributed by atoms with Crippen LogP contribution in [-0.2, 0) is 11.3 Å². The van der Waals surface area contributed by atoms with Crippen molar-refractivity contribution in [3.05, 3.63) is 72.3 Å². The number of nitrogens with one attached hydrogen (secondary N) is 2. The lowest BCUT2D eigenvalue weighted by atomic mass is 10.0. The quantitative estimate of drug-likeness (QED) is 0.515. The number of carbonyl (C=O) groups excluding carboxylic acids is 1. The number of fused-ring (bicyclic) bond motifs is 4. The van der Waals surface area contributed by atoms with E-state index in [0.29, 0.717) is 49.9 Å². The van der Waals surface area contributed by atoms with Crippen LogP contribution in [0.1, 0.15) is 15.9 Å². The highest BCUT2D eigenvalue weighted by Crippen LogP contribution is 2.30. The standard InChI is InChI=1S/C23H22N6O3/c30-23(26-14-16-2-1-6-24-13-16)18-4-3-17-12-20(18)32-11-10-31-9-7-25-21-5-8-29-22(28-21)19(17)15-27-29/h1-6,8,12-13,15H,7,9-11,14H2,(H,25,28)(H,26,30). The molecule has 0 spiro atoms. The molecule has 4 heterocycles. The van der Waals surface area contributed by atoms with Gasteiger partial charge in [0.2, 0.25) is 0 Å². The lowest BCUT2D eigenvalue weighted by molar-refractivity contribution is 0.0932. The summed E-state index contributed by atoms with van der Waals surface area (Å²) in [5, 5.41) is 10.6. The molecule has 0 fully saturated rings. The van der Waals surface area contributed by atoms with E-state index in [-0.39, 0.29) is 5.91 Å². The Hall–Kier alpha value is -3.98. The number of pyridine rings is 1. The minimum Gasteiger partial charge on any atom is -0.490 e. The molecule has 4 bridgehead atoms. The third-order valence-electron chi connectivity index (χ3n) is 5.12. The van der Waals surface area contributed by atoms with Gasteiger partial charge in [-0.1, -0.05) is 12.1 Å². The van der Waals surface area contributed by atoms with Gasteiger partial charge in [0.1, 0.15) is 18.2 Å². The van der Waals surface area contributed by atoms with E-state index in [4.69, 9.17) is 9.47 Å². The van der Waals surface area contributed by atoms with Crippen LogP contribution < -0.4 is 15.4 Å². The van der Waals surface area contributed by atoms with Crippen molar-refractivity contribution in [3.63, 3.8) is 0 Å². The molecule has 0 radical (unpaired) electrons. The van der Waals surface area contributed by atoms with E-state index in [1.54, 1.807) is 29.2 Å². The highest BCUT2D eigenvalue weighted by atomic mass is 16.5. The van der Waals surface area contributed by atoms with Crippen LogP contribution in [0.25, 0.3) is 16.8 Å². The van der Waals surface area contributed by atoms with E-state index in [9.17, 15) is 4.79 Å². The summed E-state index contributed by atoms with van der Waals surface area (Å²) in [5.74, 6) is 1.02. The van der Waals surface area contributed by atoms with Crippen LogP contribution in [0.5, 0.6) is 5.75 Å². The molecule has 162 valence electrons. The van der Waals surface area contributed by atoms with Gasteiger partial charge in [-0.25, -0.2) is 9.50 Å². The molecule has 9 nitrogen and oxygen atoms in total. The fourth-order valence-corrected chi connectivity index (χ4v) is 3.51. The number of carbonyl (C=O) groups is 1. The molecule has 1 aliphatic heterocycles. The Bertz CT molecular complexity index is 1240. The van der Waals surface area contributed by atoms with Gasteiger partial charge in [-0.3, -0.25) is 9.78 Å². The van der Waals surface area contributed by atoms with Gasteiger partial charge in [-0.15, -0.1) is 0 Å². The number of nitrogens with zero attached hydrogens (tertiary/aromatic N) is 4. The van der Waals surface area contributed by atoms with E-state index in [1.807, 2.05) is 36.5 Å². The van der Waals surface area contributed by atoms with Gasteiger partial charge in [-0.2, -0.15) is 5.10 Å². The smallest absolute Gasteiger partial charge is 0.255 e. The highest BCUT2D eigenvalue weighted by Gasteiger charge is 2.17. The van der Waals surface area contributed by atoms with Gasteiger partial charge in [0, 0.05) is 37.2 Å². The fraction of sp³-hybridized carbons (Fsp3) is 0.217. The summed E-state index contributed by atoms with van der Waals surface area (Å²) < 4.78 is 13.3. The molecule has 9 heteroatoms. The number of amides is 1. The Morgan fingerprint density at radius 1 is 1.16 bits per heavy atom. The maximum Gasteiger partial charge on any atom is 0.255 e. The van der Waals surface area contributed by atoms with Crippen LogP contribution in [0.2, 0.25) is 0 Å². The first-order valence-electron chi connectivity index (χ1n) is 10.4. The number of anilines is 1. The predicted octanol–water partition coefficient (Wildman–Crippen LogP) is 2.54. The molecule has 1 aromatic carbocycles. The normalized spacial score (nSPS) is 13.8. The van der Waals surface area contributed by atoms with Gasteiger partial charge in [0.25, 0.3) is 5.91 Å². The number of hydrogen-bond acceptors (Lipinski definition) is 7. The van der Waals surface area contributed by atoms with E-state index in [0.717, 1.165) is 22.5 Å². The van der Waals surface area contributed by atoms with E-state index < -0.39 is 0 Å². The van der Waals surface area contributed by atoms with Gasteiger partial charge >= 0.3 is 0 Å². The average molecular weight is 430 g/mol. The first-order valence-corrected chi connectivity index (χ1v) is 10.4. The molecular formula is C23H22N6O3. The van der Waals surface area contributed by atoms with E-state index >= 15 is 0 Å². The largest absolute Gasteiger partial charge is 0.490 e. The monoisotopic (exact) mass is 430 g/mol. The lowest BCUT2D eigenvalue weighted by Crippen LogP contribution is -2.24. The van der Waals surface area contributed by atoms with Gasteiger partial charge < -0.3 is 20.1 Å². The van der Waals surface area contributed by atoms with Crippen LogP contribution in [0.15, 0.2) is 61.2 Å². The second-order valence-electron chi connectivity index (χ2n) is 7.28. The topological polar surface area (TPSA) is 103 Å². The summed E-state index contributed by atoms with van der Waals surface area (Å²) in [6.07, 6.45) is 7.05. The SMILES string of the molecule is O=C(NCc1cccnc1)c1ccc2cc1OCCOCCNc1ccn3ncc-2c3n1. The second kappa shape index (κ2) is 9.03. The molecular weight excluding hydrogens is 408 g/mol. The predicted molar refractivity (Wildman–Crippen MR) is 119 cm³/mol. The number of hydrogen-bond donors (Lipinski definition) is 2. The number of benzene rings is 1. The molecule has 2 N–H and O–H groups in total. The fourth-order valence-electron chi connectivity index (χ4n) is 3.51. The van der Waals surface area contributed by atoms with E-state index in [2.05, 4.69) is 25.7 Å². The zero-order chi connectivity index (χ0) is 21.8. The molecule has 4 aromatic rings. The Morgan fingerprint density at radius 3 is 3.03 bits per heavy atom. The van der Waals surface area contributed by atoms with Crippen LogP contribution in [0.3, 0.4) is 0 Å². The van der Waals surface area contributed by atoms with Crippen LogP contribution in [-0.4, -0.2) is 51.9 Å². The number of rotatable bonds is 3. The summed E-state index contributed by atoms with van der Waals surface area (Å²) in [7, 11) is 0. The Morgan fingerprint density at radius 2 is 2.12 bits per heavy atom. The first-order chi connectivity index (χ1) is 15.8. The molecule has 0 aliphatic carbocycles. The van der Waals surface area contributed by atoms with Crippen molar-refractivity contribution < 1.29 is 14.3 Å². The molecule has 32 heavy (non-hydrogen) atoms. The average Bonchev–Trinajstić information content (AvgIpc) is 3.25. The minimum absolute atomic E-state index is 0.220. The summed E-state index contributed by atoms with van der Waals surface area (Å²) in [6, 6.07) is 11.1. The Labute approximate surface area is 184 Å². The molecule has 5 rings (SSSR count). The highest BCUT2D eigenvalue weighted by molar-refractivity contribution is 5.98. The van der Waals surface area contributed by atoms with E-state index in [1.165, 1.54) is 0 Å². The minimum atomic E-state index is -0.220. The molecule has 0 saturated heterocycles. The maximum atomic E-state index is 12.9. The van der Waals surface area contributed by atoms with Crippen LogP contribution >= 0.6 is 0 Å². The Balaban J connectivity index is 1.48. The molecule has 0 saturated carbocycles. The van der Waals surface area contributed by atoms with Gasteiger partial charge in [0.05, 0.1) is 25.0 Å². The zero-order valence-corrected chi connectivity index (χ0v) is 17.3. The lowest BCUT2D eigenvalue weighted by Gasteiger charge is -2.14. The third-order valence-corrected chi connectivity index (χ3v) is 5.12. The van der Waals surface area contributed by atoms with Crippen LogP contribution in [0.4, 0.5) is 5.82 Å². The maximum absolute atomic E-state index is 12.9. The number of aromatic nitrogens is 4. The van der Waals surface area contributed by atoms with Crippen molar-refractivity contribution in [1.82, 2.24) is 24.9 Å². The summed E-state index contributed by atoms with van der Waals surface area (Å²) in [5.41, 5.74) is 3.81. The first kappa shape index (κ1) is 20.0. The van der Waals surface area contributed by atoms with Crippen molar-refractivity contribution in [3.8, 4) is 16.9 Å². The van der Waals surface area contributed by atoms with Crippen molar-refractivity contribution in [2.75, 3.05) is 31.7 Å². The van der Waals surface area contributed by atoms with Crippen molar-refractivity contribution in [2.45, 2.75) is 6.54 Å². The summed E-state index contributed by atoms with van der Waals surface area (Å²) in [6.45, 7) is 2.26. The molecule has 1 aliphatic rings. The molecule has 3 aromatic heterocycles. The zero-order valence-electron chi connectivity index (χ0n) is 17.3. The van der Waals surface area contributed by atoms with Gasteiger partial charge in [-0.05, 0) is 35.4 Å². The Kier molecular flexibility index (Phi) is 5.63. The third kappa shape index (κ3) is 4.23. The van der Waals surface area contributed by atoms with Crippen LogP contribution in [0, 0.1) is 0 Å². The molecule has 1 amide bonds. The number of ether oxygens (including phenoxy) is 2. The summed E-state index contributed by atoms with van der Waals surface area (Å²) >= 11 is 0. The summed E-state index contributed by atoms with van der Waals surface area (Å²) in [4.78, 5) is 21.7. The van der Waals surface area contributed by atoms with Crippen molar-refractivity contribution in [1.29, 1.82) is 0 Å². The van der Waals surface area contributed by atoms with Gasteiger partial charge in [0.15, 0.2) is 5.65 Å². The molecule has 0 atom stereocenters. The van der Waals surface area contributed by atoms with Crippen molar-refractivity contribution >= 4 is 17.4 Å². The molecule has 0 unspecified atom stereocenters. The second-order valence-corrected chi connectivity index (χ2v) is 7.28. The van der Waals surface area contributed by atoms with Crippen molar-refractivity contribution in [2.24, 2.45) is 0 Å².